The van der Waals surface area contributed by atoms with Gasteiger partial charge in [-0.1, -0.05) is 26.0 Å². The van der Waals surface area contributed by atoms with E-state index in [2.05, 4.69) is 32.9 Å². The van der Waals surface area contributed by atoms with Crippen molar-refractivity contribution >= 4 is 11.6 Å². The molecule has 0 aliphatic carbocycles. The molecule has 2 heteroatoms. The van der Waals surface area contributed by atoms with Crippen molar-refractivity contribution in [2.45, 2.75) is 53.0 Å². The lowest BCUT2D eigenvalue weighted by molar-refractivity contribution is -0.119. The number of anilines is 1. The first kappa shape index (κ1) is 13.8. The summed E-state index contributed by atoms with van der Waals surface area (Å²) >= 11 is 0. The van der Waals surface area contributed by atoms with Crippen LogP contribution in [0.3, 0.4) is 0 Å². The Labute approximate surface area is 105 Å². The van der Waals surface area contributed by atoms with E-state index in [4.69, 9.17) is 0 Å². The number of hydrogen-bond donors (Lipinski definition) is 0. The maximum Gasteiger partial charge on any atom is 0.227 e. The number of rotatable bonds is 5. The molecule has 1 aromatic rings. The second-order valence-electron chi connectivity index (χ2n) is 4.61. The second kappa shape index (κ2) is 6.43. The fourth-order valence-electron chi connectivity index (χ4n) is 1.94. The van der Waals surface area contributed by atoms with Gasteiger partial charge in [-0.3, -0.25) is 4.79 Å². The molecule has 0 heterocycles. The third-order valence-corrected chi connectivity index (χ3v) is 3.04. The summed E-state index contributed by atoms with van der Waals surface area (Å²) in [5, 5.41) is 0. The monoisotopic (exact) mass is 233 g/mol. The lowest BCUT2D eigenvalue weighted by Gasteiger charge is -2.29. The summed E-state index contributed by atoms with van der Waals surface area (Å²) in [6, 6.07) is 8.43. The Bertz CT molecular complexity index is 373. The van der Waals surface area contributed by atoms with Gasteiger partial charge in [0.1, 0.15) is 0 Å². The smallest absolute Gasteiger partial charge is 0.227 e. The SMILES string of the molecule is CCCC(=O)N(c1cccc(C)c1)C(C)CC. The Balaban J connectivity index is 3.01. The van der Waals surface area contributed by atoms with Crippen LogP contribution < -0.4 is 4.90 Å². The zero-order chi connectivity index (χ0) is 12.8. The summed E-state index contributed by atoms with van der Waals surface area (Å²) in [4.78, 5) is 14.1. The van der Waals surface area contributed by atoms with Crippen molar-refractivity contribution in [3.63, 3.8) is 0 Å². The molecule has 2 nitrogen and oxygen atoms in total. The molecule has 0 saturated carbocycles. The standard InChI is InChI=1S/C15H23NO/c1-5-8-15(17)16(13(4)6-2)14-10-7-9-12(3)11-14/h7,9-11,13H,5-6,8H2,1-4H3. The van der Waals surface area contributed by atoms with Gasteiger partial charge in [0.05, 0.1) is 0 Å². The van der Waals surface area contributed by atoms with Gasteiger partial charge in [-0.05, 0) is 44.4 Å². The van der Waals surface area contributed by atoms with E-state index in [9.17, 15) is 4.79 Å². The van der Waals surface area contributed by atoms with Gasteiger partial charge in [-0.15, -0.1) is 0 Å². The minimum Gasteiger partial charge on any atom is -0.310 e. The summed E-state index contributed by atoms with van der Waals surface area (Å²) in [5.41, 5.74) is 2.22. The van der Waals surface area contributed by atoms with Crippen molar-refractivity contribution in [2.24, 2.45) is 0 Å². The van der Waals surface area contributed by atoms with Crippen LogP contribution in [-0.2, 0) is 4.79 Å². The molecule has 1 amide bonds. The molecule has 0 aromatic heterocycles. The van der Waals surface area contributed by atoms with E-state index in [1.165, 1.54) is 5.56 Å². The average Bonchev–Trinajstić information content (AvgIpc) is 2.29. The fourth-order valence-corrected chi connectivity index (χ4v) is 1.94. The van der Waals surface area contributed by atoms with E-state index < -0.39 is 0 Å². The highest BCUT2D eigenvalue weighted by Gasteiger charge is 2.19. The van der Waals surface area contributed by atoms with Gasteiger partial charge in [0, 0.05) is 18.2 Å². The van der Waals surface area contributed by atoms with Crippen LogP contribution in [0.2, 0.25) is 0 Å². The zero-order valence-electron chi connectivity index (χ0n) is 11.4. The van der Waals surface area contributed by atoms with E-state index in [0.29, 0.717) is 6.42 Å². The largest absolute Gasteiger partial charge is 0.310 e. The molecule has 94 valence electrons. The number of amides is 1. The van der Waals surface area contributed by atoms with Crippen LogP contribution in [0.1, 0.15) is 45.6 Å². The van der Waals surface area contributed by atoms with Crippen LogP contribution in [0, 0.1) is 6.92 Å². The van der Waals surface area contributed by atoms with Gasteiger partial charge in [-0.25, -0.2) is 0 Å². The third-order valence-electron chi connectivity index (χ3n) is 3.04. The number of carbonyl (C=O) groups is 1. The van der Waals surface area contributed by atoms with Gasteiger partial charge < -0.3 is 4.90 Å². The maximum absolute atomic E-state index is 12.2. The molecule has 0 N–H and O–H groups in total. The lowest BCUT2D eigenvalue weighted by Crippen LogP contribution is -2.38. The van der Waals surface area contributed by atoms with Gasteiger partial charge in [0.15, 0.2) is 0 Å². The predicted molar refractivity (Wildman–Crippen MR) is 73.3 cm³/mol. The quantitative estimate of drug-likeness (QED) is 0.754. The van der Waals surface area contributed by atoms with E-state index in [-0.39, 0.29) is 11.9 Å². The minimum absolute atomic E-state index is 0.229. The molecule has 0 aliphatic heterocycles. The molecule has 1 unspecified atom stereocenters. The van der Waals surface area contributed by atoms with Crippen molar-refractivity contribution in [2.75, 3.05) is 4.90 Å². The minimum atomic E-state index is 0.229. The molecule has 0 saturated heterocycles. The van der Waals surface area contributed by atoms with Crippen LogP contribution in [0.15, 0.2) is 24.3 Å². The number of aryl methyl sites for hydroxylation is 1. The molecular weight excluding hydrogens is 210 g/mol. The predicted octanol–water partition coefficient (Wildman–Crippen LogP) is 3.93. The molecule has 0 bridgehead atoms. The van der Waals surface area contributed by atoms with Crippen LogP contribution >= 0.6 is 0 Å². The highest BCUT2D eigenvalue weighted by molar-refractivity contribution is 5.93. The van der Waals surface area contributed by atoms with Crippen LogP contribution in [-0.4, -0.2) is 11.9 Å². The van der Waals surface area contributed by atoms with Gasteiger partial charge in [0.2, 0.25) is 5.91 Å². The number of hydrogen-bond acceptors (Lipinski definition) is 1. The first-order chi connectivity index (χ1) is 8.10. The van der Waals surface area contributed by atoms with Crippen LogP contribution in [0.4, 0.5) is 5.69 Å². The highest BCUT2D eigenvalue weighted by atomic mass is 16.2. The number of nitrogens with zero attached hydrogens (tertiary/aromatic N) is 1. The Morgan fingerprint density at radius 3 is 2.59 bits per heavy atom. The maximum atomic E-state index is 12.2. The number of carbonyl (C=O) groups excluding carboxylic acids is 1. The van der Waals surface area contributed by atoms with Gasteiger partial charge in [0.25, 0.3) is 0 Å². The van der Waals surface area contributed by atoms with Crippen molar-refractivity contribution in [1.29, 1.82) is 0 Å². The molecule has 0 spiro atoms. The first-order valence-electron chi connectivity index (χ1n) is 6.48. The molecule has 1 rings (SSSR count). The number of benzene rings is 1. The highest BCUT2D eigenvalue weighted by Crippen LogP contribution is 2.21. The summed E-state index contributed by atoms with van der Waals surface area (Å²) in [6.45, 7) is 8.33. The topological polar surface area (TPSA) is 20.3 Å². The lowest BCUT2D eigenvalue weighted by atomic mass is 10.1. The average molecular weight is 233 g/mol. The Morgan fingerprint density at radius 2 is 2.06 bits per heavy atom. The van der Waals surface area contributed by atoms with Crippen LogP contribution in [0.5, 0.6) is 0 Å². The normalized spacial score (nSPS) is 12.2. The fraction of sp³-hybridized carbons (Fsp3) is 0.533. The summed E-state index contributed by atoms with van der Waals surface area (Å²) in [7, 11) is 0. The summed E-state index contributed by atoms with van der Waals surface area (Å²) in [6.07, 6.45) is 2.50. The first-order valence-corrected chi connectivity index (χ1v) is 6.48. The van der Waals surface area contributed by atoms with Crippen molar-refractivity contribution in [3.8, 4) is 0 Å². The van der Waals surface area contributed by atoms with E-state index in [1.807, 2.05) is 24.0 Å². The van der Waals surface area contributed by atoms with Crippen LogP contribution in [0.25, 0.3) is 0 Å². The van der Waals surface area contributed by atoms with E-state index in [1.54, 1.807) is 0 Å². The van der Waals surface area contributed by atoms with Crippen molar-refractivity contribution < 1.29 is 4.79 Å². The molecule has 1 atom stereocenters. The van der Waals surface area contributed by atoms with Gasteiger partial charge in [-0.2, -0.15) is 0 Å². The second-order valence-corrected chi connectivity index (χ2v) is 4.61. The molecule has 0 radical (unpaired) electrons. The molecule has 17 heavy (non-hydrogen) atoms. The molecular formula is C15H23NO. The van der Waals surface area contributed by atoms with Crippen molar-refractivity contribution in [3.05, 3.63) is 29.8 Å². The molecule has 0 aliphatic rings. The Morgan fingerprint density at radius 1 is 1.35 bits per heavy atom. The zero-order valence-corrected chi connectivity index (χ0v) is 11.4. The van der Waals surface area contributed by atoms with E-state index >= 15 is 0 Å². The van der Waals surface area contributed by atoms with Crippen molar-refractivity contribution in [1.82, 2.24) is 0 Å². The summed E-state index contributed by atoms with van der Waals surface area (Å²) < 4.78 is 0. The molecule has 1 aromatic carbocycles. The third kappa shape index (κ3) is 3.58. The van der Waals surface area contributed by atoms with Gasteiger partial charge >= 0.3 is 0 Å². The van der Waals surface area contributed by atoms with E-state index in [0.717, 1.165) is 18.5 Å². The Kier molecular flexibility index (Phi) is 5.20. The summed E-state index contributed by atoms with van der Waals surface area (Å²) in [5.74, 6) is 0.229. The Hall–Kier alpha value is -1.31. The molecule has 0 fully saturated rings.